The van der Waals surface area contributed by atoms with Gasteiger partial charge >= 0.3 is 0 Å². The van der Waals surface area contributed by atoms with Gasteiger partial charge in [-0.1, -0.05) is 29.4 Å². The zero-order valence-electron chi connectivity index (χ0n) is 18.4. The molecule has 0 spiro atoms. The summed E-state index contributed by atoms with van der Waals surface area (Å²) in [6.45, 7) is 5.65. The van der Waals surface area contributed by atoms with Crippen LogP contribution < -0.4 is 5.32 Å². The van der Waals surface area contributed by atoms with Crippen LogP contribution in [0.3, 0.4) is 0 Å². The molecule has 0 atom stereocenters. The first-order valence-corrected chi connectivity index (χ1v) is 12.5. The number of hydrogen-bond acceptors (Lipinski definition) is 7. The zero-order chi connectivity index (χ0) is 23.3. The molecule has 0 unspecified atom stereocenters. The van der Waals surface area contributed by atoms with Crippen LogP contribution >= 0.6 is 11.8 Å². The van der Waals surface area contributed by atoms with Gasteiger partial charge in [0.15, 0.2) is 5.82 Å². The van der Waals surface area contributed by atoms with Crippen LogP contribution in [0.1, 0.15) is 41.5 Å². The molecule has 1 heterocycles. The Morgan fingerprint density at radius 2 is 1.84 bits per heavy atom. The van der Waals surface area contributed by atoms with Gasteiger partial charge in [0.1, 0.15) is 0 Å². The third-order valence-electron chi connectivity index (χ3n) is 4.84. The number of amides is 1. The summed E-state index contributed by atoms with van der Waals surface area (Å²) in [7, 11) is -1.98. The molecule has 0 aliphatic carbocycles. The summed E-state index contributed by atoms with van der Waals surface area (Å²) in [5.41, 5.74) is 1.35. The van der Waals surface area contributed by atoms with Gasteiger partial charge in [-0.25, -0.2) is 8.42 Å². The van der Waals surface area contributed by atoms with Gasteiger partial charge in [0.2, 0.25) is 15.9 Å². The molecule has 3 aromatic rings. The third-order valence-corrected chi connectivity index (χ3v) is 7.96. The molecule has 8 nitrogen and oxygen atoms in total. The Kier molecular flexibility index (Phi) is 7.70. The highest BCUT2D eigenvalue weighted by atomic mass is 32.2. The second-order valence-corrected chi connectivity index (χ2v) is 10.5. The Bertz CT molecular complexity index is 1170. The van der Waals surface area contributed by atoms with E-state index in [9.17, 15) is 13.2 Å². The van der Waals surface area contributed by atoms with E-state index < -0.39 is 10.0 Å². The maximum atomic E-state index is 12.8. The van der Waals surface area contributed by atoms with Crippen molar-refractivity contribution in [3.63, 3.8) is 0 Å². The largest absolute Gasteiger partial charge is 0.348 e. The Labute approximate surface area is 192 Å². The number of benzene rings is 2. The highest BCUT2D eigenvalue weighted by Crippen LogP contribution is 2.25. The highest BCUT2D eigenvalue weighted by Gasteiger charge is 2.22. The van der Waals surface area contributed by atoms with E-state index in [0.29, 0.717) is 23.0 Å². The number of aryl methyl sites for hydroxylation is 1. The minimum Gasteiger partial charge on any atom is -0.348 e. The molecule has 0 radical (unpaired) electrons. The second-order valence-electron chi connectivity index (χ2n) is 7.46. The van der Waals surface area contributed by atoms with E-state index in [-0.39, 0.29) is 23.4 Å². The number of sulfonamides is 1. The Morgan fingerprint density at radius 1 is 1.16 bits per heavy atom. The molecule has 0 aliphatic heterocycles. The van der Waals surface area contributed by atoms with E-state index in [1.54, 1.807) is 44.3 Å². The van der Waals surface area contributed by atoms with Gasteiger partial charge in [-0.2, -0.15) is 9.29 Å². The smallest absolute Gasteiger partial charge is 0.252 e. The number of nitrogens with zero attached hydrogens (tertiary/aromatic N) is 3. The van der Waals surface area contributed by atoms with E-state index >= 15 is 0 Å². The molecular formula is C22H26N4O4S2. The Hall–Kier alpha value is -2.69. The summed E-state index contributed by atoms with van der Waals surface area (Å²) in [6, 6.07) is 13.7. The minimum absolute atomic E-state index is 0.138. The van der Waals surface area contributed by atoms with Gasteiger partial charge in [0.25, 0.3) is 5.91 Å². The van der Waals surface area contributed by atoms with Crippen molar-refractivity contribution in [3.05, 3.63) is 71.4 Å². The Morgan fingerprint density at radius 3 is 2.47 bits per heavy atom. The number of carbonyl (C=O) groups excluding carboxylic acids is 1. The minimum atomic E-state index is -3.54. The molecule has 1 aromatic heterocycles. The zero-order valence-corrected chi connectivity index (χ0v) is 20.0. The standard InChI is InChI=1S/C22H26N4O4S2/c1-15(2)26(4)32(28,29)18-11-9-17(10-12-18)13-23-22(27)19-7-5-6-8-20(19)31-14-21-24-16(3)30-25-21/h5-12,15H,13-14H2,1-4H3,(H,23,27). The van der Waals surface area contributed by atoms with Crippen LogP contribution in [0.25, 0.3) is 0 Å². The maximum Gasteiger partial charge on any atom is 0.252 e. The van der Waals surface area contributed by atoms with Gasteiger partial charge in [-0.15, -0.1) is 11.8 Å². The maximum absolute atomic E-state index is 12.8. The Balaban J connectivity index is 1.63. The quantitative estimate of drug-likeness (QED) is 0.472. The van der Waals surface area contributed by atoms with Crippen molar-refractivity contribution in [2.75, 3.05) is 7.05 Å². The summed E-state index contributed by atoms with van der Waals surface area (Å²) in [5.74, 6) is 1.35. The lowest BCUT2D eigenvalue weighted by molar-refractivity contribution is 0.0948. The number of hydrogen-bond donors (Lipinski definition) is 1. The molecule has 170 valence electrons. The fourth-order valence-electron chi connectivity index (χ4n) is 2.82. The molecule has 10 heteroatoms. The van der Waals surface area contributed by atoms with Crippen molar-refractivity contribution >= 4 is 27.7 Å². The van der Waals surface area contributed by atoms with Crippen LogP contribution in [0.4, 0.5) is 0 Å². The number of thioether (sulfide) groups is 1. The molecule has 0 aliphatic rings. The number of aromatic nitrogens is 2. The molecule has 2 aromatic carbocycles. The molecule has 32 heavy (non-hydrogen) atoms. The van der Waals surface area contributed by atoms with E-state index in [1.807, 2.05) is 32.0 Å². The lowest BCUT2D eigenvalue weighted by Crippen LogP contribution is -2.33. The van der Waals surface area contributed by atoms with Crippen LogP contribution in [-0.4, -0.2) is 41.9 Å². The van der Waals surface area contributed by atoms with E-state index in [1.165, 1.54) is 16.1 Å². The number of rotatable bonds is 9. The van der Waals surface area contributed by atoms with E-state index in [2.05, 4.69) is 15.5 Å². The van der Waals surface area contributed by atoms with Gasteiger partial charge in [0, 0.05) is 31.5 Å². The van der Waals surface area contributed by atoms with Crippen molar-refractivity contribution in [2.24, 2.45) is 0 Å². The summed E-state index contributed by atoms with van der Waals surface area (Å²) >= 11 is 1.46. The first-order valence-electron chi connectivity index (χ1n) is 10.0. The number of carbonyl (C=O) groups is 1. The molecule has 1 N–H and O–H groups in total. The first-order chi connectivity index (χ1) is 15.2. The van der Waals surface area contributed by atoms with Gasteiger partial charge in [-0.05, 0) is 43.7 Å². The molecule has 0 fully saturated rings. The lowest BCUT2D eigenvalue weighted by atomic mass is 10.2. The van der Waals surface area contributed by atoms with E-state index in [4.69, 9.17) is 4.52 Å². The van der Waals surface area contributed by atoms with Crippen molar-refractivity contribution in [1.29, 1.82) is 0 Å². The van der Waals surface area contributed by atoms with Gasteiger partial charge in [-0.3, -0.25) is 4.79 Å². The average molecular weight is 475 g/mol. The fourth-order valence-corrected chi connectivity index (χ4v) is 5.08. The van der Waals surface area contributed by atoms with Crippen LogP contribution in [0, 0.1) is 6.92 Å². The van der Waals surface area contributed by atoms with Gasteiger partial charge in [0.05, 0.1) is 16.2 Å². The molecule has 1 amide bonds. The summed E-state index contributed by atoms with van der Waals surface area (Å²) in [6.07, 6.45) is 0. The van der Waals surface area contributed by atoms with Crippen molar-refractivity contribution in [3.8, 4) is 0 Å². The first kappa shape index (κ1) is 24.0. The van der Waals surface area contributed by atoms with E-state index in [0.717, 1.165) is 10.5 Å². The summed E-state index contributed by atoms with van der Waals surface area (Å²) in [4.78, 5) is 18.0. The molecule has 0 saturated carbocycles. The predicted molar refractivity (Wildman–Crippen MR) is 123 cm³/mol. The predicted octanol–water partition coefficient (Wildman–Crippen LogP) is 3.63. The van der Waals surface area contributed by atoms with Crippen LogP contribution in [0.5, 0.6) is 0 Å². The van der Waals surface area contributed by atoms with Gasteiger partial charge < -0.3 is 9.84 Å². The fraction of sp³-hybridized carbons (Fsp3) is 0.318. The number of nitrogens with one attached hydrogen (secondary N) is 1. The highest BCUT2D eigenvalue weighted by molar-refractivity contribution is 7.98. The SMILES string of the molecule is Cc1nc(CSc2ccccc2C(=O)NCc2ccc(S(=O)(=O)N(C)C(C)C)cc2)no1. The summed E-state index contributed by atoms with van der Waals surface area (Å²) < 4.78 is 31.5. The normalized spacial score (nSPS) is 11.8. The molecule has 3 rings (SSSR count). The van der Waals surface area contributed by atoms with Crippen LogP contribution in [0.15, 0.2) is 62.8 Å². The lowest BCUT2D eigenvalue weighted by Gasteiger charge is -2.21. The van der Waals surface area contributed by atoms with Crippen molar-refractivity contribution in [2.45, 2.75) is 48.9 Å². The van der Waals surface area contributed by atoms with Crippen LogP contribution in [-0.2, 0) is 22.3 Å². The molecular weight excluding hydrogens is 448 g/mol. The molecule has 0 bridgehead atoms. The third kappa shape index (κ3) is 5.76. The second kappa shape index (κ2) is 10.3. The monoisotopic (exact) mass is 474 g/mol. The topological polar surface area (TPSA) is 105 Å². The van der Waals surface area contributed by atoms with Crippen LogP contribution in [0.2, 0.25) is 0 Å². The van der Waals surface area contributed by atoms with Crippen molar-refractivity contribution < 1.29 is 17.7 Å². The average Bonchev–Trinajstić information content (AvgIpc) is 3.21. The molecule has 0 saturated heterocycles. The van der Waals surface area contributed by atoms with Crippen molar-refractivity contribution in [1.82, 2.24) is 19.8 Å². The summed E-state index contributed by atoms with van der Waals surface area (Å²) in [5, 5.41) is 6.77.